The molecule has 0 aromatic rings. The maximum Gasteiger partial charge on any atom is 0.313 e. The standard InChI is InChI=1S/C34H65NO4.Al.3H/c1-3-5-7-9-11-13-15-16-17-18-19-20-22-24-26-28-33(36)39-34(37)30-29-32(35)38-31-27-25-23-21-14-12-10-8-6-4-2;;;;/h35H,3-31H2,1-2H3;;;;. The van der Waals surface area contributed by atoms with Crippen LogP contribution >= 0.6 is 0 Å². The van der Waals surface area contributed by atoms with Gasteiger partial charge >= 0.3 is 11.9 Å². The van der Waals surface area contributed by atoms with Gasteiger partial charge in [-0.1, -0.05) is 162 Å². The van der Waals surface area contributed by atoms with E-state index in [-0.39, 0.29) is 36.1 Å². The van der Waals surface area contributed by atoms with Crippen molar-refractivity contribution >= 4 is 35.2 Å². The average Bonchev–Trinajstić information content (AvgIpc) is 2.92. The highest BCUT2D eigenvalue weighted by Crippen LogP contribution is 2.14. The summed E-state index contributed by atoms with van der Waals surface area (Å²) in [7, 11) is 0. The second-order valence-corrected chi connectivity index (χ2v) is 11.5. The summed E-state index contributed by atoms with van der Waals surface area (Å²) in [6.07, 6.45) is 32.4. The van der Waals surface area contributed by atoms with Crippen molar-refractivity contribution in [3.8, 4) is 0 Å². The van der Waals surface area contributed by atoms with E-state index in [1.54, 1.807) is 0 Å². The van der Waals surface area contributed by atoms with Crippen molar-refractivity contribution in [1.29, 1.82) is 5.41 Å². The summed E-state index contributed by atoms with van der Waals surface area (Å²) in [5.41, 5.74) is 0. The molecule has 0 bridgehead atoms. The predicted octanol–water partition coefficient (Wildman–Crippen LogP) is 9.83. The maximum absolute atomic E-state index is 11.9. The molecule has 0 atom stereocenters. The molecule has 0 aromatic heterocycles. The van der Waals surface area contributed by atoms with Crippen LogP contribution in [0.15, 0.2) is 0 Å². The van der Waals surface area contributed by atoms with Crippen molar-refractivity contribution in [2.75, 3.05) is 6.61 Å². The largest absolute Gasteiger partial charge is 0.481 e. The van der Waals surface area contributed by atoms with Crippen LogP contribution < -0.4 is 0 Å². The number of hydrogen-bond acceptors (Lipinski definition) is 5. The van der Waals surface area contributed by atoms with Crippen LogP contribution in [-0.2, 0) is 19.1 Å². The van der Waals surface area contributed by atoms with Gasteiger partial charge in [-0.15, -0.1) is 0 Å². The zero-order chi connectivity index (χ0) is 28.7. The van der Waals surface area contributed by atoms with Crippen LogP contribution in [0.2, 0.25) is 0 Å². The highest BCUT2D eigenvalue weighted by Gasteiger charge is 2.12. The molecule has 0 rings (SSSR count). The first-order valence-corrected chi connectivity index (χ1v) is 17.0. The molecule has 0 saturated heterocycles. The second kappa shape index (κ2) is 34.3. The summed E-state index contributed by atoms with van der Waals surface area (Å²) >= 11 is 0. The van der Waals surface area contributed by atoms with E-state index in [2.05, 4.69) is 13.8 Å². The molecular formula is C34H68AlNO4. The lowest BCUT2D eigenvalue weighted by Crippen LogP contribution is -2.14. The number of hydrogen-bond donors (Lipinski definition) is 1. The molecule has 0 aliphatic rings. The molecule has 0 aromatic carbocycles. The third-order valence-electron chi connectivity index (χ3n) is 7.54. The zero-order valence-electron chi connectivity index (χ0n) is 26.1. The Morgan fingerprint density at radius 1 is 0.450 bits per heavy atom. The maximum atomic E-state index is 11.9. The van der Waals surface area contributed by atoms with Gasteiger partial charge in [-0.05, 0) is 12.8 Å². The van der Waals surface area contributed by atoms with E-state index in [1.807, 2.05) is 0 Å². The van der Waals surface area contributed by atoms with Gasteiger partial charge in [0.05, 0.1) is 13.0 Å². The first-order chi connectivity index (χ1) is 19.1. The van der Waals surface area contributed by atoms with Gasteiger partial charge in [-0.3, -0.25) is 15.0 Å². The summed E-state index contributed by atoms with van der Waals surface area (Å²) in [5.74, 6) is -0.876. The minimum Gasteiger partial charge on any atom is -0.481 e. The highest BCUT2D eigenvalue weighted by molar-refractivity contribution is 5.87. The number of carbonyl (C=O) groups is 2. The molecule has 0 unspecified atom stereocenters. The molecule has 5 nitrogen and oxygen atoms in total. The number of carbonyl (C=O) groups excluding carboxylic acids is 2. The number of rotatable bonds is 30. The topological polar surface area (TPSA) is 76.5 Å². The molecule has 0 fully saturated rings. The van der Waals surface area contributed by atoms with E-state index in [0.717, 1.165) is 32.1 Å². The third-order valence-corrected chi connectivity index (χ3v) is 7.54. The molecule has 0 aliphatic heterocycles. The summed E-state index contributed by atoms with van der Waals surface area (Å²) < 4.78 is 10.3. The Bertz CT molecular complexity index is 570. The number of nitrogens with one attached hydrogen (secondary N) is 1. The van der Waals surface area contributed by atoms with Crippen molar-refractivity contribution in [2.45, 2.75) is 194 Å². The van der Waals surface area contributed by atoms with Crippen LogP contribution in [-0.4, -0.2) is 41.8 Å². The molecule has 0 spiro atoms. The fraction of sp³-hybridized carbons (Fsp3) is 0.912. The van der Waals surface area contributed by atoms with Crippen LogP contribution in [0.5, 0.6) is 0 Å². The van der Waals surface area contributed by atoms with Gasteiger partial charge in [-0.2, -0.15) is 0 Å². The van der Waals surface area contributed by atoms with Gasteiger partial charge in [0, 0.05) is 12.8 Å². The molecule has 0 amide bonds. The van der Waals surface area contributed by atoms with E-state index in [1.165, 1.54) is 128 Å². The second-order valence-electron chi connectivity index (χ2n) is 11.5. The monoisotopic (exact) mass is 581 g/mol. The SMILES string of the molecule is CCCCCCCCCCCCCCCCCC(=O)OC(=O)CCC(=N)OCCCCCCCCCCCC.[AlH3]. The molecule has 40 heavy (non-hydrogen) atoms. The Balaban J connectivity index is 0. The normalized spacial score (nSPS) is 10.8. The smallest absolute Gasteiger partial charge is 0.313 e. The molecule has 6 heteroatoms. The number of ether oxygens (including phenoxy) is 2. The van der Waals surface area contributed by atoms with E-state index in [9.17, 15) is 9.59 Å². The zero-order valence-corrected chi connectivity index (χ0v) is 26.1. The molecular weight excluding hydrogens is 513 g/mol. The Hall–Kier alpha value is -0.858. The highest BCUT2D eigenvalue weighted by atomic mass is 27.0. The summed E-state index contributed by atoms with van der Waals surface area (Å²) in [5, 5.41) is 7.85. The van der Waals surface area contributed by atoms with Crippen molar-refractivity contribution in [3.63, 3.8) is 0 Å². The third kappa shape index (κ3) is 33.3. The lowest BCUT2D eigenvalue weighted by Gasteiger charge is -2.07. The Morgan fingerprint density at radius 3 is 1.18 bits per heavy atom. The van der Waals surface area contributed by atoms with E-state index in [4.69, 9.17) is 14.9 Å². The van der Waals surface area contributed by atoms with Crippen molar-refractivity contribution in [2.24, 2.45) is 0 Å². The summed E-state index contributed by atoms with van der Waals surface area (Å²) in [6, 6.07) is 0. The Morgan fingerprint density at radius 2 is 0.775 bits per heavy atom. The Labute approximate surface area is 259 Å². The first kappa shape index (κ1) is 41.3. The van der Waals surface area contributed by atoms with Gasteiger partial charge in [-0.25, -0.2) is 0 Å². The minimum absolute atomic E-state index is 0. The summed E-state index contributed by atoms with van der Waals surface area (Å²) in [4.78, 5) is 23.8. The lowest BCUT2D eigenvalue weighted by molar-refractivity contribution is -0.159. The van der Waals surface area contributed by atoms with Crippen LogP contribution in [0.4, 0.5) is 0 Å². The van der Waals surface area contributed by atoms with Crippen molar-refractivity contribution in [3.05, 3.63) is 0 Å². The Kier molecular flexibility index (Phi) is 35.4. The van der Waals surface area contributed by atoms with Gasteiger partial charge in [0.15, 0.2) is 23.3 Å². The van der Waals surface area contributed by atoms with E-state index >= 15 is 0 Å². The van der Waals surface area contributed by atoms with Crippen LogP contribution in [0, 0.1) is 5.41 Å². The quantitative estimate of drug-likeness (QED) is 0.0229. The average molecular weight is 582 g/mol. The van der Waals surface area contributed by atoms with Crippen LogP contribution in [0.1, 0.15) is 194 Å². The van der Waals surface area contributed by atoms with Gasteiger partial charge in [0.25, 0.3) is 0 Å². The number of esters is 2. The van der Waals surface area contributed by atoms with Gasteiger partial charge in [0.2, 0.25) is 0 Å². The van der Waals surface area contributed by atoms with Gasteiger partial charge in [0.1, 0.15) is 0 Å². The molecule has 0 heterocycles. The minimum atomic E-state index is -0.548. The van der Waals surface area contributed by atoms with Crippen molar-refractivity contribution < 1.29 is 19.1 Å². The lowest BCUT2D eigenvalue weighted by atomic mass is 10.0. The molecule has 1 N–H and O–H groups in total. The number of unbranched alkanes of at least 4 members (excludes halogenated alkanes) is 23. The molecule has 0 radical (unpaired) electrons. The molecule has 236 valence electrons. The van der Waals surface area contributed by atoms with E-state index < -0.39 is 11.9 Å². The van der Waals surface area contributed by atoms with Crippen LogP contribution in [0.3, 0.4) is 0 Å². The summed E-state index contributed by atoms with van der Waals surface area (Å²) in [6.45, 7) is 5.05. The first-order valence-electron chi connectivity index (χ1n) is 17.0. The predicted molar refractivity (Wildman–Crippen MR) is 175 cm³/mol. The molecule has 0 saturated carbocycles. The van der Waals surface area contributed by atoms with Crippen molar-refractivity contribution in [1.82, 2.24) is 0 Å². The molecule has 0 aliphatic carbocycles. The van der Waals surface area contributed by atoms with Crippen LogP contribution in [0.25, 0.3) is 0 Å². The van der Waals surface area contributed by atoms with E-state index in [0.29, 0.717) is 13.0 Å². The van der Waals surface area contributed by atoms with Gasteiger partial charge < -0.3 is 9.47 Å². The fourth-order valence-electron chi connectivity index (χ4n) is 4.94. The fourth-order valence-corrected chi connectivity index (χ4v) is 4.94.